The first kappa shape index (κ1) is 14.9. The number of aromatic amines is 1. The molecule has 3 heterocycles. The smallest absolute Gasteiger partial charge is 0.225 e. The largest absolute Gasteiger partial charge is 0.349 e. The lowest BCUT2D eigenvalue weighted by atomic mass is 9.97. The molecule has 1 atom stereocenters. The fourth-order valence-electron chi connectivity index (χ4n) is 3.39. The highest BCUT2D eigenvalue weighted by atomic mass is 16.1. The highest BCUT2D eigenvalue weighted by Crippen LogP contribution is 2.21. The molecule has 1 aliphatic rings. The molecule has 0 saturated heterocycles. The Bertz CT molecular complexity index is 907. The number of amides is 1. The summed E-state index contributed by atoms with van der Waals surface area (Å²) in [4.78, 5) is 24.6. The Labute approximate surface area is 140 Å². The van der Waals surface area contributed by atoms with Crippen molar-refractivity contribution >= 4 is 16.9 Å². The molecule has 0 radical (unpaired) electrons. The normalized spacial score (nSPS) is 17.0. The first-order valence-corrected chi connectivity index (χ1v) is 8.34. The second-order valence-corrected chi connectivity index (χ2v) is 6.56. The first-order chi connectivity index (χ1) is 11.6. The zero-order valence-electron chi connectivity index (χ0n) is 14.0. The summed E-state index contributed by atoms with van der Waals surface area (Å²) in [6.45, 7) is 5.18. The summed E-state index contributed by atoms with van der Waals surface area (Å²) in [6, 6.07) is 6.10. The Morgan fingerprint density at radius 1 is 1.42 bits per heavy atom. The maximum absolute atomic E-state index is 12.5. The van der Waals surface area contributed by atoms with E-state index in [0.29, 0.717) is 13.1 Å². The van der Waals surface area contributed by atoms with Crippen LogP contribution in [0, 0.1) is 19.8 Å². The van der Waals surface area contributed by atoms with Gasteiger partial charge in [-0.15, -0.1) is 0 Å². The fraction of sp³-hybridized carbons (Fsp3) is 0.389. The van der Waals surface area contributed by atoms with Crippen LogP contribution in [0.3, 0.4) is 0 Å². The topological polar surface area (TPSA) is 75.6 Å². The summed E-state index contributed by atoms with van der Waals surface area (Å²) < 4.78 is 2.15. The van der Waals surface area contributed by atoms with Crippen molar-refractivity contribution in [2.24, 2.45) is 5.92 Å². The van der Waals surface area contributed by atoms with Crippen molar-refractivity contribution in [3.63, 3.8) is 0 Å². The monoisotopic (exact) mass is 323 g/mol. The molecule has 4 rings (SSSR count). The van der Waals surface area contributed by atoms with E-state index in [1.165, 1.54) is 11.3 Å². The van der Waals surface area contributed by atoms with Crippen LogP contribution in [0.1, 0.15) is 29.3 Å². The van der Waals surface area contributed by atoms with Gasteiger partial charge in [0.05, 0.1) is 23.5 Å². The van der Waals surface area contributed by atoms with E-state index >= 15 is 0 Å². The second kappa shape index (κ2) is 5.78. The maximum atomic E-state index is 12.5. The number of nitrogens with zero attached hydrogens (tertiary/aromatic N) is 3. The zero-order valence-corrected chi connectivity index (χ0v) is 14.0. The number of hydrogen-bond donors (Lipinski definition) is 2. The molecule has 24 heavy (non-hydrogen) atoms. The van der Waals surface area contributed by atoms with Crippen molar-refractivity contribution in [3.8, 4) is 0 Å². The molecular weight excluding hydrogens is 302 g/mol. The van der Waals surface area contributed by atoms with E-state index in [1.807, 2.05) is 25.3 Å². The average molecular weight is 323 g/mol. The minimum atomic E-state index is -0.00276. The molecule has 6 nitrogen and oxygen atoms in total. The molecule has 6 heteroatoms. The second-order valence-electron chi connectivity index (χ2n) is 6.56. The summed E-state index contributed by atoms with van der Waals surface area (Å²) >= 11 is 0. The molecule has 124 valence electrons. The van der Waals surface area contributed by atoms with Crippen LogP contribution in [0.4, 0.5) is 0 Å². The van der Waals surface area contributed by atoms with Gasteiger partial charge in [0, 0.05) is 18.4 Å². The Kier molecular flexibility index (Phi) is 3.59. The van der Waals surface area contributed by atoms with Gasteiger partial charge in [-0.3, -0.25) is 4.79 Å². The average Bonchev–Trinajstić information content (AvgIpc) is 3.15. The Balaban J connectivity index is 1.42. The minimum Gasteiger partial charge on any atom is -0.349 e. The van der Waals surface area contributed by atoms with Gasteiger partial charge in [-0.2, -0.15) is 0 Å². The molecule has 0 bridgehead atoms. The summed E-state index contributed by atoms with van der Waals surface area (Å²) in [5.41, 5.74) is 4.36. The highest BCUT2D eigenvalue weighted by Gasteiger charge is 2.25. The number of aryl methyl sites for hydroxylation is 3. The third kappa shape index (κ3) is 2.68. The predicted molar refractivity (Wildman–Crippen MR) is 91.5 cm³/mol. The van der Waals surface area contributed by atoms with E-state index in [4.69, 9.17) is 0 Å². The fourth-order valence-corrected chi connectivity index (χ4v) is 3.39. The lowest BCUT2D eigenvalue weighted by molar-refractivity contribution is -0.126. The molecule has 2 N–H and O–H groups in total. The SMILES string of the molecule is Cc1ccc2nc(CNC(=O)C3CCc4cnc(C)n4C3)[nH]c2c1. The van der Waals surface area contributed by atoms with Crippen molar-refractivity contribution in [1.29, 1.82) is 0 Å². The number of carbonyl (C=O) groups excluding carboxylic acids is 1. The van der Waals surface area contributed by atoms with Gasteiger partial charge in [-0.25, -0.2) is 9.97 Å². The Hall–Kier alpha value is -2.63. The van der Waals surface area contributed by atoms with Gasteiger partial charge < -0.3 is 14.9 Å². The summed E-state index contributed by atoms with van der Waals surface area (Å²) in [5.74, 6) is 1.86. The molecule has 2 aromatic heterocycles. The molecule has 1 aromatic carbocycles. The van der Waals surface area contributed by atoms with E-state index in [2.05, 4.69) is 37.8 Å². The molecule has 0 spiro atoms. The number of nitrogens with one attached hydrogen (secondary N) is 2. The molecule has 0 saturated carbocycles. The number of carbonyl (C=O) groups is 1. The Morgan fingerprint density at radius 3 is 3.17 bits per heavy atom. The van der Waals surface area contributed by atoms with Crippen molar-refractivity contribution in [1.82, 2.24) is 24.8 Å². The molecule has 0 aliphatic carbocycles. The Morgan fingerprint density at radius 2 is 2.29 bits per heavy atom. The van der Waals surface area contributed by atoms with Gasteiger partial charge in [-0.1, -0.05) is 6.07 Å². The van der Waals surface area contributed by atoms with E-state index in [9.17, 15) is 4.79 Å². The third-order valence-corrected chi connectivity index (χ3v) is 4.78. The molecule has 0 fully saturated rings. The maximum Gasteiger partial charge on any atom is 0.225 e. The first-order valence-electron chi connectivity index (χ1n) is 8.34. The molecular formula is C18H21N5O. The van der Waals surface area contributed by atoms with Crippen LogP contribution in [0.15, 0.2) is 24.4 Å². The summed E-state index contributed by atoms with van der Waals surface area (Å²) in [5, 5.41) is 3.02. The van der Waals surface area contributed by atoms with Crippen LogP contribution in [-0.4, -0.2) is 25.4 Å². The number of rotatable bonds is 3. The molecule has 1 aliphatic heterocycles. The van der Waals surface area contributed by atoms with Crippen molar-refractivity contribution in [2.45, 2.75) is 39.8 Å². The number of hydrogen-bond acceptors (Lipinski definition) is 3. The molecule has 3 aromatic rings. The zero-order chi connectivity index (χ0) is 16.7. The minimum absolute atomic E-state index is 0.00276. The quantitative estimate of drug-likeness (QED) is 0.776. The summed E-state index contributed by atoms with van der Waals surface area (Å²) in [6.07, 6.45) is 3.69. The number of aromatic nitrogens is 4. The summed E-state index contributed by atoms with van der Waals surface area (Å²) in [7, 11) is 0. The van der Waals surface area contributed by atoms with Crippen LogP contribution >= 0.6 is 0 Å². The predicted octanol–water partition coefficient (Wildman–Crippen LogP) is 2.26. The lowest BCUT2D eigenvalue weighted by Crippen LogP contribution is -2.36. The van der Waals surface area contributed by atoms with Crippen molar-refractivity contribution < 1.29 is 4.79 Å². The van der Waals surface area contributed by atoms with E-state index < -0.39 is 0 Å². The number of H-pyrrole nitrogens is 1. The van der Waals surface area contributed by atoms with Crippen LogP contribution in [0.25, 0.3) is 11.0 Å². The van der Waals surface area contributed by atoms with Gasteiger partial charge in [-0.05, 0) is 44.4 Å². The third-order valence-electron chi connectivity index (χ3n) is 4.78. The highest BCUT2D eigenvalue weighted by molar-refractivity contribution is 5.79. The van der Waals surface area contributed by atoms with Gasteiger partial charge in [0.25, 0.3) is 0 Å². The van der Waals surface area contributed by atoms with E-state index in [-0.39, 0.29) is 11.8 Å². The lowest BCUT2D eigenvalue weighted by Gasteiger charge is -2.24. The number of imidazole rings is 2. The molecule has 1 unspecified atom stereocenters. The molecule has 1 amide bonds. The van der Waals surface area contributed by atoms with E-state index in [0.717, 1.165) is 35.5 Å². The van der Waals surface area contributed by atoms with Crippen LogP contribution < -0.4 is 5.32 Å². The van der Waals surface area contributed by atoms with Crippen LogP contribution in [0.2, 0.25) is 0 Å². The van der Waals surface area contributed by atoms with Gasteiger partial charge in [0.1, 0.15) is 11.6 Å². The van der Waals surface area contributed by atoms with Crippen LogP contribution in [0.5, 0.6) is 0 Å². The van der Waals surface area contributed by atoms with Crippen molar-refractivity contribution in [2.75, 3.05) is 0 Å². The van der Waals surface area contributed by atoms with Gasteiger partial charge in [0.2, 0.25) is 5.91 Å². The van der Waals surface area contributed by atoms with Gasteiger partial charge in [0.15, 0.2) is 0 Å². The number of fused-ring (bicyclic) bond motifs is 2. The van der Waals surface area contributed by atoms with Crippen LogP contribution in [-0.2, 0) is 24.3 Å². The standard InChI is InChI=1S/C18H21N5O/c1-11-3-6-15-16(7-11)22-17(21-15)9-20-18(24)13-4-5-14-8-19-12(2)23(14)10-13/h3,6-8,13H,4-5,9-10H2,1-2H3,(H,20,24)(H,21,22). The van der Waals surface area contributed by atoms with Crippen molar-refractivity contribution in [3.05, 3.63) is 47.3 Å². The number of benzene rings is 1. The van der Waals surface area contributed by atoms with E-state index in [1.54, 1.807) is 0 Å². The van der Waals surface area contributed by atoms with Gasteiger partial charge >= 0.3 is 0 Å².